The summed E-state index contributed by atoms with van der Waals surface area (Å²) in [4.78, 5) is 22.3. The zero-order valence-electron chi connectivity index (χ0n) is 20.3. The standard InChI is InChI=1S/C25H32FN7O2/c1-15(13-34)23-17-10-22(28-11-18(17)19(12-29-23)33-9-5-16(33)2)30-21-4-7-27-24(31-21)32-8-6-20(35)25(3,26)14-32/h4,7,10-12,15-16,20,34-35H,5-6,8-9,13-14H2,1-3H3,(H,27,28,30,31)/t15-,16+,20+,25-/m0/s1. The molecule has 2 aliphatic rings. The van der Waals surface area contributed by atoms with Gasteiger partial charge in [0.25, 0.3) is 0 Å². The minimum Gasteiger partial charge on any atom is -0.396 e. The maximum absolute atomic E-state index is 14.7. The summed E-state index contributed by atoms with van der Waals surface area (Å²) in [6.07, 6.45) is 5.83. The van der Waals surface area contributed by atoms with Crippen molar-refractivity contribution < 1.29 is 14.6 Å². The molecule has 0 spiro atoms. The highest BCUT2D eigenvalue weighted by molar-refractivity contribution is 5.96. The fourth-order valence-corrected chi connectivity index (χ4v) is 4.80. The molecule has 10 heteroatoms. The van der Waals surface area contributed by atoms with Crippen molar-refractivity contribution in [2.24, 2.45) is 0 Å². The Bertz CT molecular complexity index is 1220. The molecule has 2 saturated heterocycles. The molecular formula is C25H32FN7O2. The van der Waals surface area contributed by atoms with Crippen LogP contribution in [0.1, 0.15) is 45.2 Å². The first-order chi connectivity index (χ1) is 16.8. The minimum atomic E-state index is -1.72. The molecule has 3 N–H and O–H groups in total. The van der Waals surface area contributed by atoms with Gasteiger partial charge in [-0.3, -0.25) is 4.98 Å². The van der Waals surface area contributed by atoms with E-state index in [1.807, 2.05) is 25.4 Å². The number of alkyl halides is 1. The van der Waals surface area contributed by atoms with Crippen LogP contribution < -0.4 is 15.1 Å². The first kappa shape index (κ1) is 23.6. The molecular weight excluding hydrogens is 449 g/mol. The highest BCUT2D eigenvalue weighted by atomic mass is 19.1. The molecule has 2 aliphatic heterocycles. The van der Waals surface area contributed by atoms with Crippen LogP contribution in [-0.4, -0.2) is 74.2 Å². The maximum atomic E-state index is 14.7. The molecule has 0 bridgehead atoms. The Balaban J connectivity index is 1.45. The van der Waals surface area contributed by atoms with Crippen molar-refractivity contribution in [3.8, 4) is 0 Å². The molecule has 0 radical (unpaired) electrons. The van der Waals surface area contributed by atoms with Crippen molar-refractivity contribution in [3.63, 3.8) is 0 Å². The second-order valence-electron chi connectivity index (χ2n) is 9.93. The van der Waals surface area contributed by atoms with Gasteiger partial charge in [0.05, 0.1) is 36.8 Å². The largest absolute Gasteiger partial charge is 0.396 e. The monoisotopic (exact) mass is 481 g/mol. The van der Waals surface area contributed by atoms with E-state index in [2.05, 4.69) is 32.1 Å². The van der Waals surface area contributed by atoms with Gasteiger partial charge in [0.2, 0.25) is 5.95 Å². The van der Waals surface area contributed by atoms with Crippen molar-refractivity contribution in [1.82, 2.24) is 19.9 Å². The summed E-state index contributed by atoms with van der Waals surface area (Å²) in [5, 5.41) is 24.9. The average Bonchev–Trinajstić information content (AvgIpc) is 2.84. The first-order valence-electron chi connectivity index (χ1n) is 12.1. The van der Waals surface area contributed by atoms with Crippen molar-refractivity contribution in [3.05, 3.63) is 36.4 Å². The summed E-state index contributed by atoms with van der Waals surface area (Å²) in [6, 6.07) is 4.13. The number of hydrogen-bond donors (Lipinski definition) is 3. The molecule has 5 rings (SSSR count). The normalized spacial score (nSPS) is 25.4. The van der Waals surface area contributed by atoms with Gasteiger partial charge in [-0.05, 0) is 38.8 Å². The fraction of sp³-hybridized carbons (Fsp3) is 0.520. The lowest BCUT2D eigenvalue weighted by Gasteiger charge is -2.41. The van der Waals surface area contributed by atoms with Crippen molar-refractivity contribution in [2.45, 2.75) is 57.3 Å². The van der Waals surface area contributed by atoms with Crippen molar-refractivity contribution in [2.75, 3.05) is 41.4 Å². The molecule has 0 unspecified atom stereocenters. The molecule has 0 saturated carbocycles. The van der Waals surface area contributed by atoms with Crippen LogP contribution in [0, 0.1) is 0 Å². The zero-order valence-corrected chi connectivity index (χ0v) is 20.3. The zero-order chi connectivity index (χ0) is 24.7. The van der Waals surface area contributed by atoms with E-state index in [1.165, 1.54) is 6.92 Å². The number of anilines is 4. The van der Waals surface area contributed by atoms with Crippen LogP contribution >= 0.6 is 0 Å². The third kappa shape index (κ3) is 4.48. The maximum Gasteiger partial charge on any atom is 0.227 e. The Hall–Kier alpha value is -3.11. The Morgan fingerprint density at radius 2 is 2.00 bits per heavy atom. The molecule has 0 amide bonds. The molecule has 186 valence electrons. The van der Waals surface area contributed by atoms with Crippen LogP contribution in [0.15, 0.2) is 30.7 Å². The Morgan fingerprint density at radius 1 is 1.17 bits per heavy atom. The van der Waals surface area contributed by atoms with Gasteiger partial charge in [0.1, 0.15) is 11.6 Å². The van der Waals surface area contributed by atoms with E-state index in [4.69, 9.17) is 4.98 Å². The number of piperidine rings is 1. The lowest BCUT2D eigenvalue weighted by Crippen LogP contribution is -2.52. The second-order valence-corrected chi connectivity index (χ2v) is 9.93. The van der Waals surface area contributed by atoms with Crippen molar-refractivity contribution in [1.29, 1.82) is 0 Å². The van der Waals surface area contributed by atoms with Gasteiger partial charge in [-0.2, -0.15) is 4.98 Å². The number of fused-ring (bicyclic) bond motifs is 1. The molecule has 3 aromatic rings. The van der Waals surface area contributed by atoms with Crippen LogP contribution in [0.4, 0.5) is 27.7 Å². The van der Waals surface area contributed by atoms with Crippen LogP contribution in [0.2, 0.25) is 0 Å². The number of aromatic nitrogens is 4. The van der Waals surface area contributed by atoms with E-state index in [-0.39, 0.29) is 19.1 Å². The Morgan fingerprint density at radius 3 is 2.69 bits per heavy atom. The molecule has 5 heterocycles. The topological polar surface area (TPSA) is 111 Å². The third-order valence-electron chi connectivity index (χ3n) is 7.20. The number of pyridine rings is 2. The Kier molecular flexibility index (Phi) is 6.18. The minimum absolute atomic E-state index is 0.0000578. The smallest absolute Gasteiger partial charge is 0.227 e. The third-order valence-corrected chi connectivity index (χ3v) is 7.20. The summed E-state index contributed by atoms with van der Waals surface area (Å²) in [6.45, 7) is 7.04. The van der Waals surface area contributed by atoms with Gasteiger partial charge in [-0.25, -0.2) is 14.4 Å². The summed E-state index contributed by atoms with van der Waals surface area (Å²) in [7, 11) is 0. The van der Waals surface area contributed by atoms with Crippen molar-refractivity contribution >= 4 is 34.0 Å². The molecule has 2 fully saturated rings. The summed E-state index contributed by atoms with van der Waals surface area (Å²) in [5.41, 5.74) is 0.156. The summed E-state index contributed by atoms with van der Waals surface area (Å²) < 4.78 is 14.7. The summed E-state index contributed by atoms with van der Waals surface area (Å²) >= 11 is 0. The lowest BCUT2D eigenvalue weighted by atomic mass is 9.94. The molecule has 0 aliphatic carbocycles. The lowest BCUT2D eigenvalue weighted by molar-refractivity contribution is -0.00860. The van der Waals surface area contributed by atoms with E-state index in [0.29, 0.717) is 36.6 Å². The van der Waals surface area contributed by atoms with E-state index in [9.17, 15) is 14.6 Å². The molecule has 9 nitrogen and oxygen atoms in total. The second kappa shape index (κ2) is 9.16. The van der Waals surface area contributed by atoms with Gasteiger partial charge >= 0.3 is 0 Å². The van der Waals surface area contributed by atoms with E-state index in [0.717, 1.165) is 35.1 Å². The number of hydrogen-bond acceptors (Lipinski definition) is 9. The number of aliphatic hydroxyl groups excluding tert-OH is 2. The number of halogens is 1. The van der Waals surface area contributed by atoms with Gasteiger partial charge in [0.15, 0.2) is 5.67 Å². The van der Waals surface area contributed by atoms with Gasteiger partial charge in [0, 0.05) is 48.2 Å². The fourth-order valence-electron chi connectivity index (χ4n) is 4.80. The SMILES string of the molecule is C[C@@H]1CCN1c1cnc([C@@H](C)CO)c2cc(Nc3ccnc(N4CC[C@@H](O)[C@@](C)(F)C4)n3)ncc12. The van der Waals surface area contributed by atoms with E-state index < -0.39 is 11.8 Å². The van der Waals surface area contributed by atoms with Gasteiger partial charge < -0.3 is 25.3 Å². The Labute approximate surface area is 204 Å². The van der Waals surface area contributed by atoms with Gasteiger partial charge in [-0.15, -0.1) is 0 Å². The highest BCUT2D eigenvalue weighted by Gasteiger charge is 2.39. The summed E-state index contributed by atoms with van der Waals surface area (Å²) in [5.74, 6) is 1.40. The van der Waals surface area contributed by atoms with Crippen LogP contribution in [0.5, 0.6) is 0 Å². The molecule has 3 aromatic heterocycles. The number of nitrogens with zero attached hydrogens (tertiary/aromatic N) is 6. The van der Waals surface area contributed by atoms with E-state index in [1.54, 1.807) is 17.2 Å². The first-order valence-corrected chi connectivity index (χ1v) is 12.1. The highest BCUT2D eigenvalue weighted by Crippen LogP contribution is 2.36. The van der Waals surface area contributed by atoms with Crippen LogP contribution in [0.25, 0.3) is 10.8 Å². The predicted octanol–water partition coefficient (Wildman–Crippen LogP) is 3.16. The number of rotatable bonds is 6. The van der Waals surface area contributed by atoms with Crippen LogP contribution in [-0.2, 0) is 0 Å². The quantitative estimate of drug-likeness (QED) is 0.489. The average molecular weight is 482 g/mol. The number of aliphatic hydroxyl groups is 2. The molecule has 4 atom stereocenters. The predicted molar refractivity (Wildman–Crippen MR) is 134 cm³/mol. The number of nitrogens with one attached hydrogen (secondary N) is 1. The molecule has 0 aromatic carbocycles. The van der Waals surface area contributed by atoms with Crippen LogP contribution in [0.3, 0.4) is 0 Å². The van der Waals surface area contributed by atoms with Gasteiger partial charge in [-0.1, -0.05) is 6.92 Å². The molecule has 35 heavy (non-hydrogen) atoms. The van der Waals surface area contributed by atoms with E-state index >= 15 is 0 Å².